The second-order valence-electron chi connectivity index (χ2n) is 8.21. The minimum Gasteiger partial charge on any atom is -0.506 e. The molecular formula is C25H28ClN5OS. The number of allylic oxidation sites excluding steroid dienone is 1. The van der Waals surface area contributed by atoms with Gasteiger partial charge in [0.05, 0.1) is 10.4 Å². The van der Waals surface area contributed by atoms with E-state index in [1.54, 1.807) is 35.9 Å². The molecule has 1 aliphatic rings. The summed E-state index contributed by atoms with van der Waals surface area (Å²) in [4.78, 5) is 10.9. The van der Waals surface area contributed by atoms with Crippen LogP contribution in [-0.2, 0) is 0 Å². The average Bonchev–Trinajstić information content (AvgIpc) is 3.14. The zero-order valence-electron chi connectivity index (χ0n) is 18.7. The lowest BCUT2D eigenvalue weighted by molar-refractivity contribution is 0.174. The van der Waals surface area contributed by atoms with Gasteiger partial charge in [0.2, 0.25) is 0 Å². The maximum absolute atomic E-state index is 9.69. The summed E-state index contributed by atoms with van der Waals surface area (Å²) in [7, 11) is 0. The van der Waals surface area contributed by atoms with Crippen LogP contribution in [0.2, 0.25) is 5.02 Å². The third-order valence-electron chi connectivity index (χ3n) is 5.51. The highest BCUT2D eigenvalue weighted by molar-refractivity contribution is 7.19. The third kappa shape index (κ3) is 5.55. The largest absolute Gasteiger partial charge is 0.506 e. The molecule has 0 spiro atoms. The molecule has 6 nitrogen and oxygen atoms in total. The van der Waals surface area contributed by atoms with Crippen LogP contribution >= 0.6 is 22.9 Å². The molecule has 0 bridgehead atoms. The number of hydrazine groups is 1. The van der Waals surface area contributed by atoms with Gasteiger partial charge >= 0.3 is 0 Å². The first kappa shape index (κ1) is 23.3. The van der Waals surface area contributed by atoms with Gasteiger partial charge in [-0.1, -0.05) is 42.8 Å². The second-order valence-corrected chi connectivity index (χ2v) is 9.65. The van der Waals surface area contributed by atoms with E-state index in [1.807, 2.05) is 6.08 Å². The van der Waals surface area contributed by atoms with E-state index in [4.69, 9.17) is 11.6 Å². The van der Waals surface area contributed by atoms with Crippen molar-refractivity contribution in [1.82, 2.24) is 20.4 Å². The van der Waals surface area contributed by atoms with E-state index < -0.39 is 0 Å². The summed E-state index contributed by atoms with van der Waals surface area (Å²) < 4.78 is 0. The monoisotopic (exact) mass is 481 g/mol. The van der Waals surface area contributed by atoms with Gasteiger partial charge in [-0.3, -0.25) is 0 Å². The summed E-state index contributed by atoms with van der Waals surface area (Å²) >= 11 is 7.67. The Kier molecular flexibility index (Phi) is 7.33. The van der Waals surface area contributed by atoms with Crippen LogP contribution < -0.4 is 10.7 Å². The van der Waals surface area contributed by atoms with Crippen molar-refractivity contribution in [3.8, 4) is 5.75 Å². The molecule has 3 aromatic rings. The van der Waals surface area contributed by atoms with E-state index in [1.165, 1.54) is 24.8 Å². The van der Waals surface area contributed by atoms with Gasteiger partial charge in [-0.25, -0.2) is 15.0 Å². The molecule has 0 amide bonds. The highest BCUT2D eigenvalue weighted by Gasteiger charge is 2.16. The molecule has 1 saturated heterocycles. The summed E-state index contributed by atoms with van der Waals surface area (Å²) in [6.07, 6.45) is 10.1. The molecule has 1 fully saturated rings. The van der Waals surface area contributed by atoms with Crippen molar-refractivity contribution in [3.63, 3.8) is 0 Å². The summed E-state index contributed by atoms with van der Waals surface area (Å²) in [5.41, 5.74) is 7.37. The molecule has 3 heterocycles. The lowest BCUT2D eigenvalue weighted by atomic mass is 10.1. The Morgan fingerprint density at radius 3 is 2.79 bits per heavy atom. The number of aromatic hydroxyl groups is 1. The average molecular weight is 482 g/mol. The molecule has 1 aromatic carbocycles. The number of hydrogen-bond acceptors (Lipinski definition) is 7. The van der Waals surface area contributed by atoms with Crippen molar-refractivity contribution in [1.29, 1.82) is 0 Å². The molecule has 2 aromatic heterocycles. The molecule has 1 aliphatic heterocycles. The number of anilines is 2. The summed E-state index contributed by atoms with van der Waals surface area (Å²) in [6.45, 7) is 12.5. The maximum Gasteiger partial charge on any atom is 0.143 e. The smallest absolute Gasteiger partial charge is 0.143 e. The summed E-state index contributed by atoms with van der Waals surface area (Å²) in [5, 5.41) is 16.4. The van der Waals surface area contributed by atoms with Crippen LogP contribution in [-0.4, -0.2) is 33.2 Å². The normalized spacial score (nSPS) is 14.9. The van der Waals surface area contributed by atoms with Gasteiger partial charge < -0.3 is 15.8 Å². The molecule has 8 heteroatoms. The van der Waals surface area contributed by atoms with Crippen LogP contribution in [0.4, 0.5) is 11.5 Å². The molecular weight excluding hydrogens is 454 g/mol. The van der Waals surface area contributed by atoms with Crippen LogP contribution in [0, 0.1) is 0 Å². The van der Waals surface area contributed by atoms with Crippen molar-refractivity contribution >= 4 is 56.8 Å². The summed E-state index contributed by atoms with van der Waals surface area (Å²) in [6, 6.07) is 4.96. The molecule has 172 valence electrons. The van der Waals surface area contributed by atoms with Crippen molar-refractivity contribution in [2.75, 3.05) is 18.4 Å². The summed E-state index contributed by atoms with van der Waals surface area (Å²) in [5.74, 6) is 0.706. The number of nitrogens with one attached hydrogen (secondary N) is 2. The van der Waals surface area contributed by atoms with E-state index in [0.29, 0.717) is 5.82 Å². The fourth-order valence-electron chi connectivity index (χ4n) is 3.98. The first-order chi connectivity index (χ1) is 15.9. The topological polar surface area (TPSA) is 73.3 Å². The van der Waals surface area contributed by atoms with Crippen molar-refractivity contribution < 1.29 is 5.11 Å². The molecule has 0 atom stereocenters. The van der Waals surface area contributed by atoms with Gasteiger partial charge in [0, 0.05) is 41.3 Å². The zero-order chi connectivity index (χ0) is 23.4. The molecule has 33 heavy (non-hydrogen) atoms. The van der Waals surface area contributed by atoms with Crippen molar-refractivity contribution in [3.05, 3.63) is 64.4 Å². The SMILES string of the molecule is C=Cc1c(/C=C(\C)CC(=C)NN2CCCCC2)sc2ncnc(Nc3ccc(O)c(Cl)c3)c12. The third-order valence-corrected chi connectivity index (χ3v) is 6.87. The number of rotatable bonds is 8. The number of fused-ring (bicyclic) bond motifs is 1. The molecule has 0 saturated carbocycles. The number of hydrogen-bond donors (Lipinski definition) is 3. The van der Waals surface area contributed by atoms with Gasteiger partial charge in [-0.15, -0.1) is 11.3 Å². The first-order valence-electron chi connectivity index (χ1n) is 11.0. The fourth-order valence-corrected chi connectivity index (χ4v) is 5.33. The first-order valence-corrected chi connectivity index (χ1v) is 12.2. The molecule has 0 aliphatic carbocycles. The Hall–Kier alpha value is -2.87. The van der Waals surface area contributed by atoms with Gasteiger partial charge in [0.25, 0.3) is 0 Å². The Bertz CT molecular complexity index is 1210. The highest BCUT2D eigenvalue weighted by atomic mass is 35.5. The fraction of sp³-hybridized carbons (Fsp3) is 0.280. The lowest BCUT2D eigenvalue weighted by Crippen LogP contribution is -2.40. The van der Waals surface area contributed by atoms with Crippen molar-refractivity contribution in [2.24, 2.45) is 0 Å². The van der Waals surface area contributed by atoms with Crippen LogP contribution in [0.15, 0.2) is 49.0 Å². The van der Waals surface area contributed by atoms with Crippen LogP contribution in [0.3, 0.4) is 0 Å². The molecule has 0 unspecified atom stereocenters. The van der Waals surface area contributed by atoms with E-state index in [-0.39, 0.29) is 10.8 Å². The Balaban J connectivity index is 1.57. The van der Waals surface area contributed by atoms with E-state index >= 15 is 0 Å². The van der Waals surface area contributed by atoms with Crippen LogP contribution in [0.5, 0.6) is 5.75 Å². The van der Waals surface area contributed by atoms with Gasteiger partial charge in [-0.2, -0.15) is 0 Å². The number of phenolic OH excluding ortho intramolecular Hbond substituents is 1. The minimum absolute atomic E-state index is 0.0385. The number of nitrogens with zero attached hydrogens (tertiary/aromatic N) is 3. The minimum atomic E-state index is 0.0385. The molecule has 4 rings (SSSR count). The van der Waals surface area contributed by atoms with E-state index in [2.05, 4.69) is 51.9 Å². The Labute approximate surface area is 203 Å². The number of aromatic nitrogens is 2. The van der Waals surface area contributed by atoms with Gasteiger partial charge in [0.15, 0.2) is 0 Å². The van der Waals surface area contributed by atoms with Gasteiger partial charge in [0.1, 0.15) is 22.7 Å². The number of benzene rings is 1. The van der Waals surface area contributed by atoms with Crippen molar-refractivity contribution in [2.45, 2.75) is 32.6 Å². The van der Waals surface area contributed by atoms with Gasteiger partial charge in [-0.05, 0) is 44.0 Å². The molecule has 3 N–H and O–H groups in total. The quantitative estimate of drug-likeness (QED) is 0.309. The second kappa shape index (κ2) is 10.4. The van der Waals surface area contributed by atoms with Crippen LogP contribution in [0.25, 0.3) is 22.4 Å². The number of phenols is 1. The Morgan fingerprint density at radius 2 is 2.06 bits per heavy atom. The Morgan fingerprint density at radius 1 is 1.27 bits per heavy atom. The van der Waals surface area contributed by atoms with Crippen LogP contribution in [0.1, 0.15) is 43.0 Å². The lowest BCUT2D eigenvalue weighted by Gasteiger charge is -2.28. The molecule has 0 radical (unpaired) electrons. The maximum atomic E-state index is 9.69. The number of thiophene rings is 1. The highest BCUT2D eigenvalue weighted by Crippen LogP contribution is 2.38. The number of piperidine rings is 1. The predicted molar refractivity (Wildman–Crippen MR) is 140 cm³/mol. The zero-order valence-corrected chi connectivity index (χ0v) is 20.3. The number of halogens is 1. The predicted octanol–water partition coefficient (Wildman–Crippen LogP) is 6.73. The van der Waals surface area contributed by atoms with E-state index in [0.717, 1.165) is 51.6 Å². The van der Waals surface area contributed by atoms with E-state index in [9.17, 15) is 5.11 Å². The standard InChI is InChI=1S/C25H28ClN5OS/c1-4-19-22(13-16(2)12-17(3)30-31-10-6-5-7-11-31)33-25-23(19)24(27-15-28-25)29-18-8-9-21(32)20(26)14-18/h4,8-9,13-15,30,32H,1,3,5-7,10-12H2,2H3,(H,27,28,29)/b16-13+.